The van der Waals surface area contributed by atoms with Crippen LogP contribution in [-0.4, -0.2) is 16.1 Å². The number of nitrogens with one attached hydrogen (secondary N) is 1. The Morgan fingerprint density at radius 3 is 2.48 bits per heavy atom. The molecule has 4 heteroatoms. The maximum atomic E-state index is 10.2. The first-order valence-corrected chi connectivity index (χ1v) is 12.0. The highest BCUT2D eigenvalue weighted by Gasteiger charge is 2.28. The number of aromatic nitrogens is 2. The van der Waals surface area contributed by atoms with E-state index in [0.717, 1.165) is 70.5 Å². The normalized spacial score (nSPS) is 13.8. The molecular formula is C29H30N4. The zero-order chi connectivity index (χ0) is 22.8. The molecule has 2 aromatic heterocycles. The summed E-state index contributed by atoms with van der Waals surface area (Å²) in [5, 5.41) is 14.7. The summed E-state index contributed by atoms with van der Waals surface area (Å²) >= 11 is 0. The zero-order valence-corrected chi connectivity index (χ0v) is 19.4. The van der Waals surface area contributed by atoms with Crippen LogP contribution in [0.4, 0.5) is 5.69 Å². The van der Waals surface area contributed by atoms with E-state index in [1.54, 1.807) is 0 Å². The summed E-state index contributed by atoms with van der Waals surface area (Å²) in [4.78, 5) is 4.54. The van der Waals surface area contributed by atoms with Crippen LogP contribution in [0.2, 0.25) is 0 Å². The second-order valence-corrected chi connectivity index (χ2v) is 9.42. The van der Waals surface area contributed by atoms with Crippen LogP contribution in [0.5, 0.6) is 0 Å². The minimum Gasteiger partial charge on any atom is -0.385 e. The number of benzene rings is 2. The minimum absolute atomic E-state index is 0.437. The molecule has 0 saturated heterocycles. The Morgan fingerprint density at radius 1 is 1.06 bits per heavy atom. The van der Waals surface area contributed by atoms with Crippen molar-refractivity contribution < 1.29 is 0 Å². The van der Waals surface area contributed by atoms with Gasteiger partial charge in [-0.2, -0.15) is 5.26 Å². The Morgan fingerprint density at radius 2 is 1.85 bits per heavy atom. The molecule has 4 aromatic rings. The summed E-state index contributed by atoms with van der Waals surface area (Å²) in [6.45, 7) is 5.46. The topological polar surface area (TPSA) is 53.6 Å². The second kappa shape index (κ2) is 9.11. The maximum Gasteiger partial charge on any atom is 0.102 e. The van der Waals surface area contributed by atoms with Gasteiger partial charge in [0.25, 0.3) is 0 Å². The van der Waals surface area contributed by atoms with Crippen LogP contribution in [0.15, 0.2) is 66.9 Å². The van der Waals surface area contributed by atoms with E-state index >= 15 is 0 Å². The fourth-order valence-electron chi connectivity index (χ4n) is 4.68. The van der Waals surface area contributed by atoms with Crippen molar-refractivity contribution in [1.82, 2.24) is 9.55 Å². The predicted octanol–water partition coefficient (Wildman–Crippen LogP) is 7.42. The van der Waals surface area contributed by atoms with Gasteiger partial charge in [0.1, 0.15) is 6.07 Å². The first-order chi connectivity index (χ1) is 16.2. The van der Waals surface area contributed by atoms with Crippen molar-refractivity contribution in [3.63, 3.8) is 0 Å². The summed E-state index contributed by atoms with van der Waals surface area (Å²) in [7, 11) is 0. The fraction of sp³-hybridized carbons (Fsp3) is 0.310. The van der Waals surface area contributed by atoms with Gasteiger partial charge in [-0.3, -0.25) is 4.98 Å². The van der Waals surface area contributed by atoms with E-state index in [2.05, 4.69) is 77.2 Å². The summed E-state index contributed by atoms with van der Waals surface area (Å²) in [6.07, 6.45) is 6.53. The molecule has 33 heavy (non-hydrogen) atoms. The van der Waals surface area contributed by atoms with Gasteiger partial charge < -0.3 is 9.88 Å². The average Bonchev–Trinajstić information content (AvgIpc) is 3.12. The van der Waals surface area contributed by atoms with Crippen molar-refractivity contribution in [2.75, 3.05) is 11.9 Å². The Labute approximate surface area is 195 Å². The number of nitrogens with zero attached hydrogens (tertiary/aromatic N) is 3. The molecule has 1 aliphatic carbocycles. The van der Waals surface area contributed by atoms with Gasteiger partial charge in [0.05, 0.1) is 22.5 Å². The van der Waals surface area contributed by atoms with Gasteiger partial charge >= 0.3 is 0 Å². The number of nitriles is 1. The maximum absolute atomic E-state index is 10.2. The molecule has 5 rings (SSSR count). The third-order valence-corrected chi connectivity index (χ3v) is 6.73. The highest BCUT2D eigenvalue weighted by Crippen LogP contribution is 2.43. The summed E-state index contributed by atoms with van der Waals surface area (Å²) in [5.74, 6) is 0.684. The molecule has 0 spiro atoms. The third kappa shape index (κ3) is 4.12. The third-order valence-electron chi connectivity index (χ3n) is 6.73. The highest BCUT2D eigenvalue weighted by molar-refractivity contribution is 5.96. The van der Waals surface area contributed by atoms with Crippen molar-refractivity contribution in [2.45, 2.75) is 45.6 Å². The Balaban J connectivity index is 1.60. The molecular weight excluding hydrogens is 404 g/mol. The number of anilines is 1. The smallest absolute Gasteiger partial charge is 0.102 e. The second-order valence-electron chi connectivity index (χ2n) is 9.42. The van der Waals surface area contributed by atoms with E-state index in [9.17, 15) is 5.26 Å². The molecule has 2 heterocycles. The van der Waals surface area contributed by atoms with Crippen molar-refractivity contribution in [2.24, 2.45) is 5.92 Å². The molecule has 4 nitrogen and oxygen atoms in total. The summed E-state index contributed by atoms with van der Waals surface area (Å²) in [6, 6.07) is 23.9. The molecule has 0 amide bonds. The minimum atomic E-state index is 0.437. The Hall–Kier alpha value is -3.58. The van der Waals surface area contributed by atoms with E-state index in [4.69, 9.17) is 0 Å². The van der Waals surface area contributed by atoms with E-state index < -0.39 is 0 Å². The van der Waals surface area contributed by atoms with Crippen LogP contribution in [0.3, 0.4) is 0 Å². The first-order valence-electron chi connectivity index (χ1n) is 12.0. The molecule has 0 unspecified atom stereocenters. The van der Waals surface area contributed by atoms with Crippen molar-refractivity contribution in [1.29, 1.82) is 5.26 Å². The molecule has 0 atom stereocenters. The first kappa shape index (κ1) is 21.3. The predicted molar refractivity (Wildman–Crippen MR) is 136 cm³/mol. The van der Waals surface area contributed by atoms with Gasteiger partial charge in [0.15, 0.2) is 0 Å². The van der Waals surface area contributed by atoms with E-state index in [-0.39, 0.29) is 0 Å². The zero-order valence-electron chi connectivity index (χ0n) is 19.4. The number of hydrogen-bond acceptors (Lipinski definition) is 3. The Bertz CT molecular complexity index is 1290. The van der Waals surface area contributed by atoms with Gasteiger partial charge in [0.2, 0.25) is 0 Å². The lowest BCUT2D eigenvalue weighted by Gasteiger charge is -2.30. The molecule has 0 radical (unpaired) electrons. The van der Waals surface area contributed by atoms with Crippen LogP contribution < -0.4 is 5.32 Å². The lowest BCUT2D eigenvalue weighted by molar-refractivity contribution is 0.324. The van der Waals surface area contributed by atoms with Crippen LogP contribution >= 0.6 is 0 Å². The molecule has 1 saturated carbocycles. The summed E-state index contributed by atoms with van der Waals surface area (Å²) < 4.78 is 2.42. The van der Waals surface area contributed by atoms with Gasteiger partial charge in [-0.1, -0.05) is 44.2 Å². The van der Waals surface area contributed by atoms with Gasteiger partial charge in [-0.05, 0) is 67.5 Å². The molecule has 2 aromatic carbocycles. The number of rotatable bonds is 7. The van der Waals surface area contributed by atoms with E-state index in [0.29, 0.717) is 12.0 Å². The monoisotopic (exact) mass is 434 g/mol. The lowest BCUT2D eigenvalue weighted by atomic mass is 9.92. The SMILES string of the molecule is CC(C)CCNc1ccc(-c2c(C#N)c3ccc(-c4ccccn4)cc3n2C2CCC2)cc1. The number of fused-ring (bicyclic) bond motifs is 1. The average molecular weight is 435 g/mol. The van der Waals surface area contributed by atoms with Crippen LogP contribution in [0, 0.1) is 17.2 Å². The van der Waals surface area contributed by atoms with Crippen molar-refractivity contribution in [3.8, 4) is 28.6 Å². The van der Waals surface area contributed by atoms with Gasteiger partial charge in [-0.25, -0.2) is 0 Å². The summed E-state index contributed by atoms with van der Waals surface area (Å²) in [5.41, 5.74) is 7.22. The molecule has 1 aliphatic rings. The highest BCUT2D eigenvalue weighted by atomic mass is 15.0. The number of hydrogen-bond donors (Lipinski definition) is 1. The van der Waals surface area contributed by atoms with Crippen LogP contribution in [-0.2, 0) is 0 Å². The molecule has 0 aliphatic heterocycles. The molecule has 166 valence electrons. The van der Waals surface area contributed by atoms with Gasteiger partial charge in [0, 0.05) is 35.4 Å². The largest absolute Gasteiger partial charge is 0.385 e. The fourth-order valence-corrected chi connectivity index (χ4v) is 4.68. The van der Waals surface area contributed by atoms with Crippen LogP contribution in [0.25, 0.3) is 33.4 Å². The molecule has 0 bridgehead atoms. The molecule has 1 N–H and O–H groups in total. The molecule has 1 fully saturated rings. The van der Waals surface area contributed by atoms with Crippen LogP contribution in [0.1, 0.15) is 51.1 Å². The standard InChI is InChI=1S/C29H30N4/c1-20(2)15-17-31-23-12-9-21(10-13-23)29-26(19-30)25-14-11-22(27-8-3-4-16-32-27)18-28(25)33(29)24-6-5-7-24/h3-4,8-14,16,18,20,24,31H,5-7,15,17H2,1-2H3. The quantitative estimate of drug-likeness (QED) is 0.329. The van der Waals surface area contributed by atoms with Gasteiger partial charge in [-0.15, -0.1) is 0 Å². The van der Waals surface area contributed by atoms with E-state index in [1.165, 1.54) is 6.42 Å². The van der Waals surface area contributed by atoms with Crippen molar-refractivity contribution in [3.05, 3.63) is 72.4 Å². The lowest BCUT2D eigenvalue weighted by Crippen LogP contribution is -2.17. The Kier molecular flexibility index (Phi) is 5.88. The van der Waals surface area contributed by atoms with E-state index in [1.807, 2.05) is 24.4 Å². The number of pyridine rings is 1. The van der Waals surface area contributed by atoms with Crippen molar-refractivity contribution >= 4 is 16.6 Å².